The van der Waals surface area contributed by atoms with Crippen LogP contribution in [0.3, 0.4) is 0 Å². The van der Waals surface area contributed by atoms with Crippen LogP contribution in [-0.4, -0.2) is 28.8 Å². The lowest BCUT2D eigenvalue weighted by Gasteiger charge is -2.07. The molecule has 0 unspecified atom stereocenters. The smallest absolute Gasteiger partial charge is 0.213 e. The van der Waals surface area contributed by atoms with E-state index in [1.807, 2.05) is 77.3 Å². The Labute approximate surface area is 178 Å². The summed E-state index contributed by atoms with van der Waals surface area (Å²) >= 11 is 1.62. The molecule has 5 rings (SSSR count). The van der Waals surface area contributed by atoms with Crippen LogP contribution in [0.1, 0.15) is 0 Å². The van der Waals surface area contributed by atoms with Gasteiger partial charge in [0, 0.05) is 11.1 Å². The normalized spacial score (nSPS) is 11.0. The summed E-state index contributed by atoms with van der Waals surface area (Å²) in [6.45, 7) is 0. The number of hydrogen-bond acceptors (Lipinski definition) is 5. The molecule has 3 aromatic carbocycles. The Morgan fingerprint density at radius 2 is 1.47 bits per heavy atom. The van der Waals surface area contributed by atoms with E-state index < -0.39 is 0 Å². The molecular formula is C24H19N3O2S. The van der Waals surface area contributed by atoms with Crippen molar-refractivity contribution in [1.82, 2.24) is 14.6 Å². The van der Waals surface area contributed by atoms with E-state index in [9.17, 15) is 0 Å². The van der Waals surface area contributed by atoms with E-state index in [-0.39, 0.29) is 0 Å². The van der Waals surface area contributed by atoms with Crippen molar-refractivity contribution in [1.29, 1.82) is 0 Å². The minimum atomic E-state index is 0.716. The van der Waals surface area contributed by atoms with Crippen LogP contribution in [0.15, 0.2) is 78.9 Å². The number of benzene rings is 3. The molecule has 30 heavy (non-hydrogen) atoms. The maximum absolute atomic E-state index is 5.43. The highest BCUT2D eigenvalue weighted by Gasteiger charge is 2.20. The van der Waals surface area contributed by atoms with E-state index in [1.54, 1.807) is 25.6 Å². The molecule has 0 radical (unpaired) electrons. The largest absolute Gasteiger partial charge is 0.497 e. The Hall–Kier alpha value is -3.64. The predicted molar refractivity (Wildman–Crippen MR) is 120 cm³/mol. The molecule has 0 N–H and O–H groups in total. The summed E-state index contributed by atoms with van der Waals surface area (Å²) in [5.74, 6) is 2.35. The minimum Gasteiger partial charge on any atom is -0.497 e. The highest BCUT2D eigenvalue weighted by molar-refractivity contribution is 7.20. The van der Waals surface area contributed by atoms with Crippen molar-refractivity contribution in [2.24, 2.45) is 0 Å². The van der Waals surface area contributed by atoms with Crippen molar-refractivity contribution in [3.8, 4) is 44.6 Å². The Bertz CT molecular complexity index is 1310. The second-order valence-corrected chi connectivity index (χ2v) is 7.71. The zero-order chi connectivity index (χ0) is 20.5. The van der Waals surface area contributed by atoms with Crippen LogP contribution >= 0.6 is 11.3 Å². The fourth-order valence-electron chi connectivity index (χ4n) is 3.42. The molecule has 0 aliphatic rings. The summed E-state index contributed by atoms with van der Waals surface area (Å²) in [6.07, 6.45) is 0. The van der Waals surface area contributed by atoms with Crippen molar-refractivity contribution in [2.45, 2.75) is 0 Å². The van der Waals surface area contributed by atoms with Gasteiger partial charge in [0.1, 0.15) is 11.5 Å². The van der Waals surface area contributed by atoms with Gasteiger partial charge in [-0.3, -0.25) is 0 Å². The van der Waals surface area contributed by atoms with Crippen LogP contribution in [0.2, 0.25) is 0 Å². The number of hydrogen-bond donors (Lipinski definition) is 0. The summed E-state index contributed by atoms with van der Waals surface area (Å²) in [4.78, 5) is 6.74. The van der Waals surface area contributed by atoms with Gasteiger partial charge in [0.25, 0.3) is 0 Å². The van der Waals surface area contributed by atoms with Gasteiger partial charge >= 0.3 is 0 Å². The fraction of sp³-hybridized carbons (Fsp3) is 0.0833. The predicted octanol–water partition coefficient (Wildman–Crippen LogP) is 5.81. The summed E-state index contributed by atoms with van der Waals surface area (Å²) in [5, 5.41) is 4.84. The molecular weight excluding hydrogens is 394 g/mol. The van der Waals surface area contributed by atoms with Crippen LogP contribution in [-0.2, 0) is 0 Å². The lowest BCUT2D eigenvalue weighted by Crippen LogP contribution is -1.92. The zero-order valence-corrected chi connectivity index (χ0v) is 17.4. The van der Waals surface area contributed by atoms with E-state index in [1.165, 1.54) is 0 Å². The van der Waals surface area contributed by atoms with Gasteiger partial charge in [-0.15, -0.1) is 5.10 Å². The van der Waals surface area contributed by atoms with Crippen molar-refractivity contribution in [3.63, 3.8) is 0 Å². The first-order valence-electron chi connectivity index (χ1n) is 9.50. The van der Waals surface area contributed by atoms with Gasteiger partial charge in [-0.05, 0) is 42.0 Å². The monoisotopic (exact) mass is 413 g/mol. The number of methoxy groups -OCH3 is 2. The van der Waals surface area contributed by atoms with Gasteiger partial charge in [-0.2, -0.15) is 4.98 Å². The highest BCUT2D eigenvalue weighted by atomic mass is 32.1. The van der Waals surface area contributed by atoms with Crippen molar-refractivity contribution < 1.29 is 9.47 Å². The number of aromatic nitrogens is 3. The summed E-state index contributed by atoms with van der Waals surface area (Å²) in [5.41, 5.74) is 4.11. The van der Waals surface area contributed by atoms with E-state index in [0.29, 0.717) is 5.82 Å². The lowest BCUT2D eigenvalue weighted by atomic mass is 10.1. The SMILES string of the molecule is COc1ccc(-c2c(-c3cccc(OC)c3)sc3nc(-c4ccccc4)nn23)cc1. The third-order valence-electron chi connectivity index (χ3n) is 4.93. The van der Waals surface area contributed by atoms with Crippen LogP contribution in [0.4, 0.5) is 0 Å². The molecule has 0 saturated heterocycles. The van der Waals surface area contributed by atoms with Gasteiger partial charge in [-0.1, -0.05) is 53.8 Å². The average Bonchev–Trinajstić information content (AvgIpc) is 3.38. The van der Waals surface area contributed by atoms with Gasteiger partial charge in [0.2, 0.25) is 4.96 Å². The first-order valence-corrected chi connectivity index (χ1v) is 10.3. The van der Waals surface area contributed by atoms with Crippen molar-refractivity contribution >= 4 is 16.3 Å². The first kappa shape index (κ1) is 18.4. The standard InChI is InChI=1S/C24H19N3O2S/c1-28-19-13-11-16(12-14-19)21-22(18-9-6-10-20(15-18)29-2)30-24-25-23(26-27(21)24)17-7-4-3-5-8-17/h3-15H,1-2H3. The molecule has 0 bridgehead atoms. The Kier molecular flexibility index (Phi) is 4.69. The van der Waals surface area contributed by atoms with E-state index >= 15 is 0 Å². The lowest BCUT2D eigenvalue weighted by molar-refractivity contribution is 0.415. The molecule has 0 saturated carbocycles. The van der Waals surface area contributed by atoms with Gasteiger partial charge in [-0.25, -0.2) is 4.52 Å². The fourth-order valence-corrected chi connectivity index (χ4v) is 4.50. The molecule has 2 heterocycles. The molecule has 5 aromatic rings. The zero-order valence-electron chi connectivity index (χ0n) is 16.6. The quantitative estimate of drug-likeness (QED) is 0.365. The second kappa shape index (κ2) is 7.65. The third-order valence-corrected chi connectivity index (χ3v) is 6.01. The van der Waals surface area contributed by atoms with Crippen molar-refractivity contribution in [2.75, 3.05) is 14.2 Å². The maximum Gasteiger partial charge on any atom is 0.213 e. The van der Waals surface area contributed by atoms with E-state index in [0.717, 1.165) is 43.7 Å². The Balaban J connectivity index is 1.73. The Morgan fingerprint density at radius 3 is 2.20 bits per heavy atom. The summed E-state index contributed by atoms with van der Waals surface area (Å²) in [7, 11) is 3.35. The Morgan fingerprint density at radius 1 is 0.733 bits per heavy atom. The second-order valence-electron chi connectivity index (χ2n) is 6.74. The molecule has 2 aromatic heterocycles. The molecule has 5 nitrogen and oxygen atoms in total. The number of nitrogens with zero attached hydrogens (tertiary/aromatic N) is 3. The van der Waals surface area contributed by atoms with Crippen LogP contribution < -0.4 is 9.47 Å². The highest BCUT2D eigenvalue weighted by Crippen LogP contribution is 2.40. The molecule has 148 valence electrons. The van der Waals surface area contributed by atoms with Crippen molar-refractivity contribution in [3.05, 3.63) is 78.9 Å². The van der Waals surface area contributed by atoms with Crippen LogP contribution in [0.5, 0.6) is 11.5 Å². The van der Waals surface area contributed by atoms with E-state index in [2.05, 4.69) is 6.07 Å². The summed E-state index contributed by atoms with van der Waals surface area (Å²) in [6, 6.07) is 26.1. The molecule has 6 heteroatoms. The number of thiazole rings is 1. The topological polar surface area (TPSA) is 48.7 Å². The van der Waals surface area contributed by atoms with Gasteiger partial charge in [0.15, 0.2) is 5.82 Å². The van der Waals surface area contributed by atoms with Crippen LogP contribution in [0, 0.1) is 0 Å². The molecule has 0 amide bonds. The number of fused-ring (bicyclic) bond motifs is 1. The van der Waals surface area contributed by atoms with E-state index in [4.69, 9.17) is 19.6 Å². The number of rotatable bonds is 5. The molecule has 0 fully saturated rings. The minimum absolute atomic E-state index is 0.716. The average molecular weight is 414 g/mol. The molecule has 0 aliphatic heterocycles. The van der Waals surface area contributed by atoms with Gasteiger partial charge in [0.05, 0.1) is 24.8 Å². The third kappa shape index (κ3) is 3.21. The first-order chi connectivity index (χ1) is 14.8. The molecule has 0 spiro atoms. The maximum atomic E-state index is 5.43. The van der Waals surface area contributed by atoms with Crippen LogP contribution in [0.25, 0.3) is 38.0 Å². The number of ether oxygens (including phenoxy) is 2. The summed E-state index contributed by atoms with van der Waals surface area (Å²) < 4.78 is 12.7. The molecule has 0 aliphatic carbocycles. The molecule has 0 atom stereocenters. The van der Waals surface area contributed by atoms with Gasteiger partial charge < -0.3 is 9.47 Å².